The van der Waals surface area contributed by atoms with E-state index < -0.39 is 0 Å². The Bertz CT molecular complexity index is 534. The minimum absolute atomic E-state index is 0.469. The van der Waals surface area contributed by atoms with E-state index in [1.165, 1.54) is 12.8 Å². The number of methoxy groups -OCH3 is 1. The summed E-state index contributed by atoms with van der Waals surface area (Å²) in [6.45, 7) is 1.08. The van der Waals surface area contributed by atoms with E-state index in [1.54, 1.807) is 19.4 Å². The van der Waals surface area contributed by atoms with Crippen LogP contribution in [0.3, 0.4) is 0 Å². The minimum atomic E-state index is 0.469. The maximum Gasteiger partial charge on any atom is 0.217 e. The van der Waals surface area contributed by atoms with Crippen molar-refractivity contribution in [2.75, 3.05) is 13.7 Å². The lowest BCUT2D eigenvalue weighted by Crippen LogP contribution is -2.24. The fraction of sp³-hybridized carbons (Fsp3) is 0.429. The fourth-order valence-corrected chi connectivity index (χ4v) is 2.37. The van der Waals surface area contributed by atoms with Crippen LogP contribution < -0.4 is 10.1 Å². The monoisotopic (exact) mass is 259 g/mol. The predicted molar refractivity (Wildman–Crippen MR) is 71.0 cm³/mol. The molecule has 0 amide bonds. The molecule has 1 N–H and O–H groups in total. The molecule has 0 bridgehead atoms. The maximum absolute atomic E-state index is 5.38. The van der Waals surface area contributed by atoms with Crippen LogP contribution in [0.25, 0.3) is 11.5 Å². The molecule has 2 aromatic rings. The van der Waals surface area contributed by atoms with Gasteiger partial charge in [0.15, 0.2) is 5.76 Å². The van der Waals surface area contributed by atoms with Gasteiger partial charge in [-0.1, -0.05) is 0 Å². The molecule has 1 aliphatic heterocycles. The summed E-state index contributed by atoms with van der Waals surface area (Å²) >= 11 is 0. The number of hydrogen-bond donors (Lipinski definition) is 1. The van der Waals surface area contributed by atoms with Crippen LogP contribution >= 0.6 is 0 Å². The van der Waals surface area contributed by atoms with Crippen molar-refractivity contribution < 1.29 is 9.15 Å². The average molecular weight is 259 g/mol. The van der Waals surface area contributed by atoms with Crippen molar-refractivity contribution in [3.05, 3.63) is 30.3 Å². The van der Waals surface area contributed by atoms with Crippen LogP contribution in [-0.4, -0.2) is 29.7 Å². The Morgan fingerprint density at radius 2 is 2.42 bits per heavy atom. The Labute approximate surface area is 112 Å². The Morgan fingerprint density at radius 3 is 3.11 bits per heavy atom. The van der Waals surface area contributed by atoms with Crippen LogP contribution in [0, 0.1) is 0 Å². The van der Waals surface area contributed by atoms with Gasteiger partial charge in [-0.2, -0.15) is 4.98 Å². The molecular formula is C14H17N3O2. The molecule has 1 atom stereocenters. The molecule has 5 nitrogen and oxygen atoms in total. The Kier molecular flexibility index (Phi) is 3.46. The van der Waals surface area contributed by atoms with Crippen LogP contribution in [-0.2, 0) is 6.42 Å². The normalized spacial score (nSPS) is 18.7. The number of ether oxygens (including phenoxy) is 1. The van der Waals surface area contributed by atoms with Crippen molar-refractivity contribution in [1.82, 2.24) is 15.3 Å². The van der Waals surface area contributed by atoms with Gasteiger partial charge in [-0.15, -0.1) is 0 Å². The largest absolute Gasteiger partial charge is 0.481 e. The van der Waals surface area contributed by atoms with E-state index >= 15 is 0 Å². The van der Waals surface area contributed by atoms with Crippen molar-refractivity contribution in [1.29, 1.82) is 0 Å². The smallest absolute Gasteiger partial charge is 0.217 e. The van der Waals surface area contributed by atoms with Crippen molar-refractivity contribution in [2.24, 2.45) is 0 Å². The number of hydrogen-bond acceptors (Lipinski definition) is 5. The summed E-state index contributed by atoms with van der Waals surface area (Å²) in [5.74, 6) is 2.11. The van der Waals surface area contributed by atoms with Gasteiger partial charge in [0.1, 0.15) is 11.5 Å². The van der Waals surface area contributed by atoms with Gasteiger partial charge in [-0.25, -0.2) is 4.98 Å². The third kappa shape index (κ3) is 2.76. The number of rotatable bonds is 4. The van der Waals surface area contributed by atoms with Crippen LogP contribution in [0.2, 0.25) is 0 Å². The summed E-state index contributed by atoms with van der Waals surface area (Å²) in [6, 6.07) is 6.00. The topological polar surface area (TPSA) is 60.2 Å². The highest BCUT2D eigenvalue weighted by Gasteiger charge is 2.17. The molecule has 3 rings (SSSR count). The van der Waals surface area contributed by atoms with Crippen molar-refractivity contribution >= 4 is 0 Å². The molecule has 0 aliphatic carbocycles. The quantitative estimate of drug-likeness (QED) is 0.910. The molecule has 0 radical (unpaired) electrons. The van der Waals surface area contributed by atoms with E-state index in [1.807, 2.05) is 12.1 Å². The lowest BCUT2D eigenvalue weighted by Gasteiger charge is -2.10. The van der Waals surface area contributed by atoms with E-state index in [0.29, 0.717) is 11.9 Å². The van der Waals surface area contributed by atoms with Gasteiger partial charge in [-0.05, 0) is 31.5 Å². The maximum atomic E-state index is 5.38. The number of aromatic nitrogens is 2. The summed E-state index contributed by atoms with van der Waals surface area (Å²) in [7, 11) is 1.62. The van der Waals surface area contributed by atoms with Crippen molar-refractivity contribution in [3.8, 4) is 17.3 Å². The Hall–Kier alpha value is -1.88. The summed E-state index contributed by atoms with van der Waals surface area (Å²) in [6.07, 6.45) is 4.86. The second kappa shape index (κ2) is 5.40. The Morgan fingerprint density at radius 1 is 1.47 bits per heavy atom. The molecule has 1 fully saturated rings. The molecule has 5 heteroatoms. The zero-order chi connectivity index (χ0) is 13.1. The molecule has 3 heterocycles. The predicted octanol–water partition coefficient (Wildman–Crippen LogP) is 2.04. The fourth-order valence-electron chi connectivity index (χ4n) is 2.37. The molecule has 1 unspecified atom stereocenters. The first-order chi connectivity index (χ1) is 9.35. The van der Waals surface area contributed by atoms with Gasteiger partial charge in [0.25, 0.3) is 0 Å². The third-order valence-electron chi connectivity index (χ3n) is 3.32. The van der Waals surface area contributed by atoms with E-state index in [2.05, 4.69) is 15.3 Å². The van der Waals surface area contributed by atoms with Crippen LogP contribution in [0.5, 0.6) is 5.88 Å². The first-order valence-electron chi connectivity index (χ1n) is 6.54. The lowest BCUT2D eigenvalue weighted by atomic mass is 10.1. The van der Waals surface area contributed by atoms with Crippen molar-refractivity contribution in [2.45, 2.75) is 25.3 Å². The Balaban J connectivity index is 1.88. The van der Waals surface area contributed by atoms with E-state index in [0.717, 1.165) is 30.2 Å². The average Bonchev–Trinajstić information content (AvgIpc) is 3.11. The van der Waals surface area contributed by atoms with Crippen LogP contribution in [0.4, 0.5) is 0 Å². The first kappa shape index (κ1) is 12.2. The molecular weight excluding hydrogens is 242 g/mol. The zero-order valence-electron chi connectivity index (χ0n) is 10.9. The lowest BCUT2D eigenvalue weighted by molar-refractivity contribution is 0.393. The van der Waals surface area contributed by atoms with Gasteiger partial charge in [0.2, 0.25) is 5.88 Å². The molecule has 100 valence electrons. The number of nitrogens with one attached hydrogen (secondary N) is 1. The molecule has 0 saturated carbocycles. The minimum Gasteiger partial charge on any atom is -0.481 e. The molecule has 19 heavy (non-hydrogen) atoms. The highest BCUT2D eigenvalue weighted by atomic mass is 16.5. The van der Waals surface area contributed by atoms with Gasteiger partial charge < -0.3 is 14.5 Å². The summed E-state index contributed by atoms with van der Waals surface area (Å²) in [5, 5.41) is 3.45. The van der Waals surface area contributed by atoms with Crippen LogP contribution in [0.1, 0.15) is 18.7 Å². The molecule has 0 spiro atoms. The van der Waals surface area contributed by atoms with E-state index in [-0.39, 0.29) is 0 Å². The van der Waals surface area contributed by atoms with E-state index in [4.69, 9.17) is 9.15 Å². The van der Waals surface area contributed by atoms with Crippen LogP contribution in [0.15, 0.2) is 28.9 Å². The van der Waals surface area contributed by atoms with Gasteiger partial charge in [0, 0.05) is 18.5 Å². The van der Waals surface area contributed by atoms with Gasteiger partial charge >= 0.3 is 0 Å². The summed E-state index contributed by atoms with van der Waals surface area (Å²) in [4.78, 5) is 8.97. The number of nitrogens with zero attached hydrogens (tertiary/aromatic N) is 2. The number of furan rings is 1. The first-order valence-corrected chi connectivity index (χ1v) is 6.54. The standard InChI is InChI=1S/C14H17N3O2/c1-18-14-9-11(12-5-3-7-19-12)16-13(17-14)8-10-4-2-6-15-10/h3,5,7,9-10,15H,2,4,6,8H2,1H3. The SMILES string of the molecule is COc1cc(-c2ccco2)nc(CC2CCCN2)n1. The summed E-state index contributed by atoms with van der Waals surface area (Å²) < 4.78 is 10.6. The second-order valence-electron chi connectivity index (χ2n) is 4.69. The third-order valence-corrected chi connectivity index (χ3v) is 3.32. The molecule has 2 aromatic heterocycles. The molecule has 1 saturated heterocycles. The van der Waals surface area contributed by atoms with Gasteiger partial charge in [0.05, 0.1) is 13.4 Å². The summed E-state index contributed by atoms with van der Waals surface area (Å²) in [5.41, 5.74) is 0.768. The molecule has 1 aliphatic rings. The highest BCUT2D eigenvalue weighted by Crippen LogP contribution is 2.22. The highest BCUT2D eigenvalue weighted by molar-refractivity contribution is 5.53. The van der Waals surface area contributed by atoms with Gasteiger partial charge in [-0.3, -0.25) is 0 Å². The molecule has 0 aromatic carbocycles. The zero-order valence-corrected chi connectivity index (χ0v) is 10.9. The second-order valence-corrected chi connectivity index (χ2v) is 4.69. The van der Waals surface area contributed by atoms with E-state index in [9.17, 15) is 0 Å². The van der Waals surface area contributed by atoms with Crippen molar-refractivity contribution in [3.63, 3.8) is 0 Å².